The summed E-state index contributed by atoms with van der Waals surface area (Å²) >= 11 is 0. The Morgan fingerprint density at radius 2 is 1.86 bits per heavy atom. The maximum atomic E-state index is 13.2. The van der Waals surface area contributed by atoms with Crippen LogP contribution in [0.3, 0.4) is 0 Å². The van der Waals surface area contributed by atoms with Crippen LogP contribution in [0.15, 0.2) is 30.3 Å². The summed E-state index contributed by atoms with van der Waals surface area (Å²) in [5.41, 5.74) is 1.21. The highest BCUT2D eigenvalue weighted by Gasteiger charge is 2.45. The Labute approximate surface area is 176 Å². The minimum absolute atomic E-state index is 0.0758. The van der Waals surface area contributed by atoms with E-state index in [4.69, 9.17) is 4.74 Å². The Morgan fingerprint density at radius 3 is 2.55 bits per heavy atom. The van der Waals surface area contributed by atoms with Gasteiger partial charge in [-0.25, -0.2) is 0 Å². The third kappa shape index (κ3) is 4.92. The zero-order valence-electron chi connectivity index (χ0n) is 18.7. The third-order valence-corrected chi connectivity index (χ3v) is 7.53. The second kappa shape index (κ2) is 9.45. The first-order chi connectivity index (χ1) is 13.8. The molecule has 2 aliphatic rings. The Hall–Kier alpha value is -1.64. The van der Waals surface area contributed by atoms with Gasteiger partial charge in [0.15, 0.2) is 0 Å². The van der Waals surface area contributed by atoms with Crippen LogP contribution in [-0.2, 0) is 19.7 Å². The van der Waals surface area contributed by atoms with Crippen molar-refractivity contribution in [2.45, 2.75) is 90.6 Å². The van der Waals surface area contributed by atoms with Gasteiger partial charge in [0.1, 0.15) is 17.8 Å². The highest BCUT2D eigenvalue weighted by atomic mass is 16.5. The van der Waals surface area contributed by atoms with Gasteiger partial charge in [0.2, 0.25) is 0 Å². The maximum absolute atomic E-state index is 13.2. The summed E-state index contributed by atoms with van der Waals surface area (Å²) < 4.78 is 6.19. The van der Waals surface area contributed by atoms with E-state index in [9.17, 15) is 9.59 Å². The lowest BCUT2D eigenvalue weighted by atomic mass is 9.64. The summed E-state index contributed by atoms with van der Waals surface area (Å²) in [5, 5.41) is 0. The van der Waals surface area contributed by atoms with Crippen LogP contribution in [0.1, 0.15) is 84.6 Å². The molecule has 0 heterocycles. The fourth-order valence-corrected chi connectivity index (χ4v) is 5.60. The van der Waals surface area contributed by atoms with Crippen molar-refractivity contribution in [3.05, 3.63) is 35.9 Å². The van der Waals surface area contributed by atoms with E-state index in [0.29, 0.717) is 12.3 Å². The quantitative estimate of drug-likeness (QED) is 0.412. The normalized spacial score (nSPS) is 30.3. The van der Waals surface area contributed by atoms with E-state index in [1.807, 2.05) is 6.07 Å². The molecule has 0 amide bonds. The van der Waals surface area contributed by atoms with Crippen LogP contribution in [0.4, 0.5) is 0 Å². The van der Waals surface area contributed by atoms with Crippen molar-refractivity contribution < 1.29 is 14.3 Å². The second-order valence-corrected chi connectivity index (χ2v) is 9.97. The van der Waals surface area contributed by atoms with Crippen LogP contribution in [0.2, 0.25) is 0 Å². The Balaban J connectivity index is 1.77. The van der Waals surface area contributed by atoms with Gasteiger partial charge >= 0.3 is 5.97 Å². The standard InChI is InChI=1S/C26H38O3/c1-5-6-10-19-14-16-22(27)24(19)25(28)29-23-17-18(2)13-15-21(23)26(3,4)20-11-8-7-9-12-20/h7-9,11-12,18-19,21,23-24H,5-6,10,13-17H2,1-4H3/t18-,19+,21-,23-,24-/m1/s1. The number of carbonyl (C=O) groups is 2. The average molecular weight is 399 g/mol. The first-order valence-electron chi connectivity index (χ1n) is 11.6. The number of Topliss-reactive ketones (excluding diaryl/α,β-unsaturated/α-hetero) is 1. The molecule has 160 valence electrons. The van der Waals surface area contributed by atoms with Crippen molar-refractivity contribution in [2.75, 3.05) is 0 Å². The van der Waals surface area contributed by atoms with Crippen molar-refractivity contribution in [3.8, 4) is 0 Å². The van der Waals surface area contributed by atoms with Gasteiger partial charge in [-0.1, -0.05) is 77.3 Å². The molecule has 2 fully saturated rings. The Morgan fingerprint density at radius 1 is 1.14 bits per heavy atom. The van der Waals surface area contributed by atoms with E-state index in [1.165, 1.54) is 5.56 Å². The molecular formula is C26H38O3. The molecule has 2 saturated carbocycles. The van der Waals surface area contributed by atoms with Gasteiger partial charge in [0, 0.05) is 12.3 Å². The smallest absolute Gasteiger partial charge is 0.317 e. The van der Waals surface area contributed by atoms with Gasteiger partial charge in [-0.3, -0.25) is 9.59 Å². The molecule has 0 aliphatic heterocycles. The molecule has 0 bridgehead atoms. The van der Waals surface area contributed by atoms with Gasteiger partial charge in [-0.05, 0) is 48.5 Å². The van der Waals surface area contributed by atoms with Crippen molar-refractivity contribution >= 4 is 11.8 Å². The van der Waals surface area contributed by atoms with Crippen LogP contribution in [0.25, 0.3) is 0 Å². The van der Waals surface area contributed by atoms with E-state index in [0.717, 1.165) is 44.9 Å². The SMILES string of the molecule is CCCC[C@H]1CCC(=O)[C@@H]1C(=O)O[C@@H]1C[C@H](C)CC[C@H]1C(C)(C)c1ccccc1. The molecule has 5 atom stereocenters. The van der Waals surface area contributed by atoms with E-state index in [1.54, 1.807) is 0 Å². The monoisotopic (exact) mass is 398 g/mol. The average Bonchev–Trinajstić information content (AvgIpc) is 3.07. The van der Waals surface area contributed by atoms with E-state index >= 15 is 0 Å². The summed E-state index contributed by atoms with van der Waals surface area (Å²) in [5.74, 6) is 0.317. The minimum Gasteiger partial charge on any atom is -0.461 e. The predicted octanol–water partition coefficient (Wildman–Crippen LogP) is 6.10. The molecule has 1 aromatic rings. The molecular weight excluding hydrogens is 360 g/mol. The van der Waals surface area contributed by atoms with Gasteiger partial charge < -0.3 is 4.74 Å². The molecule has 3 rings (SSSR count). The molecule has 2 aliphatic carbocycles. The minimum atomic E-state index is -0.528. The molecule has 29 heavy (non-hydrogen) atoms. The number of hydrogen-bond donors (Lipinski definition) is 0. The number of rotatable bonds is 7. The zero-order chi connectivity index (χ0) is 21.0. The van der Waals surface area contributed by atoms with Crippen molar-refractivity contribution in [1.82, 2.24) is 0 Å². The van der Waals surface area contributed by atoms with E-state index in [2.05, 4.69) is 52.0 Å². The van der Waals surface area contributed by atoms with Gasteiger partial charge in [-0.15, -0.1) is 0 Å². The van der Waals surface area contributed by atoms with Crippen LogP contribution < -0.4 is 0 Å². The predicted molar refractivity (Wildman–Crippen MR) is 117 cm³/mol. The lowest BCUT2D eigenvalue weighted by molar-refractivity contribution is -0.164. The van der Waals surface area contributed by atoms with E-state index in [-0.39, 0.29) is 35.1 Å². The fourth-order valence-electron chi connectivity index (χ4n) is 5.60. The molecule has 0 unspecified atom stereocenters. The number of carbonyl (C=O) groups excluding carboxylic acids is 2. The molecule has 0 radical (unpaired) electrons. The first-order valence-corrected chi connectivity index (χ1v) is 11.6. The molecule has 3 nitrogen and oxygen atoms in total. The Kier molecular flexibility index (Phi) is 7.19. The largest absolute Gasteiger partial charge is 0.461 e. The number of esters is 1. The summed E-state index contributed by atoms with van der Waals surface area (Å²) in [6.07, 6.45) is 7.52. The van der Waals surface area contributed by atoms with Gasteiger partial charge in [0.05, 0.1) is 0 Å². The number of ether oxygens (including phenoxy) is 1. The molecule has 1 aromatic carbocycles. The van der Waals surface area contributed by atoms with Gasteiger partial charge in [0.25, 0.3) is 0 Å². The highest BCUT2D eigenvalue weighted by molar-refractivity contribution is 6.00. The highest BCUT2D eigenvalue weighted by Crippen LogP contribution is 2.44. The first kappa shape index (κ1) is 22.1. The summed E-state index contributed by atoms with van der Waals surface area (Å²) in [4.78, 5) is 25.7. The van der Waals surface area contributed by atoms with Crippen molar-refractivity contribution in [3.63, 3.8) is 0 Å². The number of unbranched alkanes of at least 4 members (excludes halogenated alkanes) is 1. The lowest BCUT2D eigenvalue weighted by Crippen LogP contribution is -2.44. The summed E-state index contributed by atoms with van der Waals surface area (Å²) in [6, 6.07) is 10.6. The number of ketones is 1. The molecule has 0 spiro atoms. The van der Waals surface area contributed by atoms with Crippen molar-refractivity contribution in [2.24, 2.45) is 23.7 Å². The lowest BCUT2D eigenvalue weighted by Gasteiger charge is -2.44. The molecule has 0 aromatic heterocycles. The second-order valence-electron chi connectivity index (χ2n) is 9.97. The van der Waals surface area contributed by atoms with E-state index < -0.39 is 5.92 Å². The molecule has 3 heteroatoms. The summed E-state index contributed by atoms with van der Waals surface area (Å²) in [7, 11) is 0. The van der Waals surface area contributed by atoms with Crippen molar-refractivity contribution in [1.29, 1.82) is 0 Å². The van der Waals surface area contributed by atoms with Gasteiger partial charge in [-0.2, -0.15) is 0 Å². The van der Waals surface area contributed by atoms with Crippen LogP contribution in [0, 0.1) is 23.7 Å². The number of benzene rings is 1. The number of hydrogen-bond acceptors (Lipinski definition) is 3. The fraction of sp³-hybridized carbons (Fsp3) is 0.692. The summed E-state index contributed by atoms with van der Waals surface area (Å²) in [6.45, 7) is 8.95. The van der Waals surface area contributed by atoms with Crippen LogP contribution in [0.5, 0.6) is 0 Å². The third-order valence-electron chi connectivity index (χ3n) is 7.53. The maximum Gasteiger partial charge on any atom is 0.317 e. The van der Waals surface area contributed by atoms with Crippen LogP contribution >= 0.6 is 0 Å². The molecule has 0 saturated heterocycles. The Bertz CT molecular complexity index is 693. The molecule has 0 N–H and O–H groups in total. The zero-order valence-corrected chi connectivity index (χ0v) is 18.7. The van der Waals surface area contributed by atoms with Crippen LogP contribution in [-0.4, -0.2) is 17.9 Å². The topological polar surface area (TPSA) is 43.4 Å².